The number of hydrogen-bond acceptors (Lipinski definition) is 3. The lowest BCUT2D eigenvalue weighted by molar-refractivity contribution is 0.123. The number of H-pyrrole nitrogens is 1. The molecule has 0 spiro atoms. The Hall–Kier alpha value is -2.17. The zero-order chi connectivity index (χ0) is 17.3. The third-order valence-corrected chi connectivity index (χ3v) is 6.03. The predicted molar refractivity (Wildman–Crippen MR) is 105 cm³/mol. The minimum atomic E-state index is 0.673. The summed E-state index contributed by atoms with van der Waals surface area (Å²) in [5, 5.41) is 1.32. The number of fused-ring (bicyclic) bond motifs is 5. The van der Waals surface area contributed by atoms with Gasteiger partial charge in [0.15, 0.2) is 0 Å². The maximum absolute atomic E-state index is 4.28. The summed E-state index contributed by atoms with van der Waals surface area (Å²) in [6, 6.07) is 13.9. The second kappa shape index (κ2) is 6.86. The van der Waals surface area contributed by atoms with Crippen LogP contribution >= 0.6 is 0 Å². The SMILES string of the molecule is c1cncc(CN2CC3CCC(C2)N(Cc2ccc4[nH]ccc4c2)C3)c1. The lowest BCUT2D eigenvalue weighted by atomic mass is 9.94. The van der Waals surface area contributed by atoms with Gasteiger partial charge in [0.1, 0.15) is 0 Å². The molecule has 3 aliphatic heterocycles. The number of aromatic amines is 1. The summed E-state index contributed by atoms with van der Waals surface area (Å²) in [6.45, 7) is 5.74. The van der Waals surface area contributed by atoms with Crippen molar-refractivity contribution >= 4 is 10.9 Å². The number of hydrogen-bond donors (Lipinski definition) is 1. The van der Waals surface area contributed by atoms with Crippen LogP contribution in [0.25, 0.3) is 10.9 Å². The van der Waals surface area contributed by atoms with Crippen molar-refractivity contribution in [3.8, 4) is 0 Å². The molecule has 0 saturated carbocycles. The first kappa shape index (κ1) is 16.0. The summed E-state index contributed by atoms with van der Waals surface area (Å²) in [5.74, 6) is 0.793. The lowest BCUT2D eigenvalue weighted by Gasteiger charge is -2.36. The Balaban J connectivity index is 1.30. The zero-order valence-electron chi connectivity index (χ0n) is 15.1. The van der Waals surface area contributed by atoms with Crippen molar-refractivity contribution in [2.75, 3.05) is 19.6 Å². The van der Waals surface area contributed by atoms with E-state index in [9.17, 15) is 0 Å². The van der Waals surface area contributed by atoms with E-state index in [0.717, 1.165) is 19.0 Å². The molecule has 5 heterocycles. The Morgan fingerprint density at radius 2 is 2.00 bits per heavy atom. The maximum Gasteiger partial charge on any atom is 0.0454 e. The molecule has 0 aliphatic carbocycles. The van der Waals surface area contributed by atoms with Gasteiger partial charge in [-0.15, -0.1) is 0 Å². The third-order valence-electron chi connectivity index (χ3n) is 6.03. The third kappa shape index (κ3) is 3.27. The average Bonchev–Trinajstić information content (AvgIpc) is 2.96. The van der Waals surface area contributed by atoms with Gasteiger partial charge in [0.05, 0.1) is 0 Å². The molecule has 3 aliphatic rings. The molecule has 3 saturated heterocycles. The second-order valence-corrected chi connectivity index (χ2v) is 7.98. The van der Waals surface area contributed by atoms with E-state index in [1.165, 1.54) is 54.5 Å². The van der Waals surface area contributed by atoms with Gasteiger partial charge < -0.3 is 4.98 Å². The Morgan fingerprint density at radius 3 is 2.92 bits per heavy atom. The highest BCUT2D eigenvalue weighted by atomic mass is 15.3. The quantitative estimate of drug-likeness (QED) is 0.783. The van der Waals surface area contributed by atoms with E-state index >= 15 is 0 Å². The standard InChI is InChI=1S/C22H26N4/c1-2-18(11-23-8-1)12-25-13-19-3-5-21(16-25)26(15-19)14-17-4-6-22-20(10-17)7-9-24-22/h1-2,4,6-11,19,21,24H,3,5,12-16H2. The van der Waals surface area contributed by atoms with Crippen molar-refractivity contribution in [1.82, 2.24) is 19.8 Å². The second-order valence-electron chi connectivity index (χ2n) is 7.98. The van der Waals surface area contributed by atoms with E-state index in [0.29, 0.717) is 6.04 Å². The average molecular weight is 346 g/mol. The van der Waals surface area contributed by atoms with Crippen molar-refractivity contribution in [3.63, 3.8) is 0 Å². The summed E-state index contributed by atoms with van der Waals surface area (Å²) in [5.41, 5.74) is 4.00. The minimum Gasteiger partial charge on any atom is -0.361 e. The van der Waals surface area contributed by atoms with Gasteiger partial charge in [0.25, 0.3) is 0 Å². The first-order valence-corrected chi connectivity index (χ1v) is 9.75. The lowest BCUT2D eigenvalue weighted by Crippen LogP contribution is -2.43. The van der Waals surface area contributed by atoms with E-state index in [1.807, 2.05) is 24.7 Å². The van der Waals surface area contributed by atoms with E-state index in [4.69, 9.17) is 0 Å². The molecule has 2 atom stereocenters. The van der Waals surface area contributed by atoms with Crippen LogP contribution in [0.15, 0.2) is 55.0 Å². The fourth-order valence-electron chi connectivity index (χ4n) is 4.78. The monoisotopic (exact) mass is 346 g/mol. The van der Waals surface area contributed by atoms with Gasteiger partial charge in [-0.25, -0.2) is 0 Å². The highest BCUT2D eigenvalue weighted by Crippen LogP contribution is 2.30. The Bertz CT molecular complexity index is 872. The van der Waals surface area contributed by atoms with Gasteiger partial charge in [0.2, 0.25) is 0 Å². The van der Waals surface area contributed by atoms with Crippen LogP contribution in [-0.2, 0) is 13.1 Å². The number of benzene rings is 1. The van der Waals surface area contributed by atoms with E-state index < -0.39 is 0 Å². The number of pyridine rings is 1. The number of piperidine rings is 1. The van der Waals surface area contributed by atoms with Crippen LogP contribution in [0.3, 0.4) is 0 Å². The van der Waals surface area contributed by atoms with Crippen LogP contribution in [0, 0.1) is 5.92 Å². The molecule has 1 aromatic carbocycles. The molecule has 3 fully saturated rings. The largest absolute Gasteiger partial charge is 0.361 e. The Labute approximate surface area is 154 Å². The van der Waals surface area contributed by atoms with Crippen LogP contribution in [0.2, 0.25) is 0 Å². The van der Waals surface area contributed by atoms with Crippen molar-refractivity contribution in [3.05, 3.63) is 66.1 Å². The molecule has 1 N–H and O–H groups in total. The maximum atomic E-state index is 4.28. The van der Waals surface area contributed by atoms with Crippen LogP contribution in [0.1, 0.15) is 24.0 Å². The van der Waals surface area contributed by atoms with Gasteiger partial charge in [-0.05, 0) is 59.5 Å². The highest BCUT2D eigenvalue weighted by molar-refractivity contribution is 5.79. The first-order chi connectivity index (χ1) is 12.8. The number of nitrogens with one attached hydrogen (secondary N) is 1. The van der Waals surface area contributed by atoms with Crippen molar-refractivity contribution in [1.29, 1.82) is 0 Å². The van der Waals surface area contributed by atoms with Gasteiger partial charge >= 0.3 is 0 Å². The molecule has 2 aromatic heterocycles. The molecule has 134 valence electrons. The van der Waals surface area contributed by atoms with Gasteiger partial charge in [-0.1, -0.05) is 12.1 Å². The van der Waals surface area contributed by atoms with Gasteiger partial charge in [-0.2, -0.15) is 0 Å². The molecule has 2 bridgehead atoms. The molecule has 3 aromatic rings. The summed E-state index contributed by atoms with van der Waals surface area (Å²) in [7, 11) is 0. The highest BCUT2D eigenvalue weighted by Gasteiger charge is 2.34. The topological polar surface area (TPSA) is 35.2 Å². The van der Waals surface area contributed by atoms with Crippen LogP contribution < -0.4 is 0 Å². The molecule has 4 heteroatoms. The first-order valence-electron chi connectivity index (χ1n) is 9.75. The Kier molecular flexibility index (Phi) is 4.23. The summed E-state index contributed by atoms with van der Waals surface area (Å²) in [6.07, 6.45) is 8.61. The van der Waals surface area contributed by atoms with Gasteiger partial charge in [0, 0.05) is 62.9 Å². The normalized spacial score (nSPS) is 24.2. The fourth-order valence-corrected chi connectivity index (χ4v) is 4.78. The molecule has 0 radical (unpaired) electrons. The molecule has 6 rings (SSSR count). The molecule has 2 unspecified atom stereocenters. The van der Waals surface area contributed by atoms with Crippen molar-refractivity contribution < 1.29 is 0 Å². The van der Waals surface area contributed by atoms with Gasteiger partial charge in [-0.3, -0.25) is 14.8 Å². The zero-order valence-corrected chi connectivity index (χ0v) is 15.1. The van der Waals surface area contributed by atoms with Crippen LogP contribution in [0.4, 0.5) is 0 Å². The Morgan fingerprint density at radius 1 is 1.00 bits per heavy atom. The molecule has 0 amide bonds. The number of rotatable bonds is 4. The van der Waals surface area contributed by atoms with E-state index in [2.05, 4.69) is 50.1 Å². The summed E-state index contributed by atoms with van der Waals surface area (Å²) in [4.78, 5) is 12.9. The van der Waals surface area contributed by atoms with Crippen LogP contribution in [-0.4, -0.2) is 45.4 Å². The molecule has 4 nitrogen and oxygen atoms in total. The van der Waals surface area contributed by atoms with E-state index in [1.54, 1.807) is 0 Å². The molecule has 26 heavy (non-hydrogen) atoms. The van der Waals surface area contributed by atoms with E-state index in [-0.39, 0.29) is 0 Å². The minimum absolute atomic E-state index is 0.673. The van der Waals surface area contributed by atoms with Crippen molar-refractivity contribution in [2.45, 2.75) is 32.0 Å². The number of aromatic nitrogens is 2. The summed E-state index contributed by atoms with van der Waals surface area (Å²) >= 11 is 0. The fraction of sp³-hybridized carbons (Fsp3) is 0.409. The smallest absolute Gasteiger partial charge is 0.0454 e. The molecular formula is C22H26N4. The van der Waals surface area contributed by atoms with Crippen molar-refractivity contribution in [2.24, 2.45) is 5.92 Å². The van der Waals surface area contributed by atoms with Crippen LogP contribution in [0.5, 0.6) is 0 Å². The predicted octanol–water partition coefficient (Wildman–Crippen LogP) is 3.66. The summed E-state index contributed by atoms with van der Waals surface area (Å²) < 4.78 is 0. The molecular weight excluding hydrogens is 320 g/mol. The number of nitrogens with zero attached hydrogens (tertiary/aromatic N) is 3.